The molecule has 8 nitrogen and oxygen atoms in total. The molecule has 3 N–H and O–H groups in total. The van der Waals surface area contributed by atoms with E-state index in [-0.39, 0.29) is 17.9 Å². The zero-order valence-electron chi connectivity index (χ0n) is 16.3. The number of nitrogens with one attached hydrogen (secondary N) is 1. The number of nitrogens with two attached hydrogens (primary N) is 1. The van der Waals surface area contributed by atoms with Gasteiger partial charge in [0.15, 0.2) is 0 Å². The first-order valence-electron chi connectivity index (χ1n) is 9.87. The lowest BCUT2D eigenvalue weighted by Crippen LogP contribution is -2.38. The molecule has 1 saturated carbocycles. The van der Waals surface area contributed by atoms with Crippen LogP contribution in [0.3, 0.4) is 0 Å². The average Bonchev–Trinajstić information content (AvgIpc) is 3.06. The highest BCUT2D eigenvalue weighted by molar-refractivity contribution is 5.93. The van der Waals surface area contributed by atoms with Crippen molar-refractivity contribution in [3.05, 3.63) is 47.9 Å². The van der Waals surface area contributed by atoms with E-state index in [0.29, 0.717) is 23.9 Å². The molecule has 1 fully saturated rings. The van der Waals surface area contributed by atoms with Gasteiger partial charge in [-0.2, -0.15) is 9.78 Å². The lowest BCUT2D eigenvalue weighted by molar-refractivity contribution is -0.119. The lowest BCUT2D eigenvalue weighted by Gasteiger charge is -2.28. The quantitative estimate of drug-likeness (QED) is 0.691. The van der Waals surface area contributed by atoms with Crippen molar-refractivity contribution in [2.45, 2.75) is 45.1 Å². The van der Waals surface area contributed by atoms with Crippen molar-refractivity contribution in [1.29, 1.82) is 0 Å². The van der Waals surface area contributed by atoms with Gasteiger partial charge in [-0.25, -0.2) is 9.97 Å². The Morgan fingerprint density at radius 1 is 1.14 bits per heavy atom. The second-order valence-electron chi connectivity index (χ2n) is 7.65. The molecule has 3 aromatic rings. The highest BCUT2D eigenvalue weighted by Gasteiger charge is 2.24. The van der Waals surface area contributed by atoms with E-state index in [9.17, 15) is 9.59 Å². The Labute approximate surface area is 168 Å². The van der Waals surface area contributed by atoms with Gasteiger partial charge >= 0.3 is 0 Å². The smallest absolute Gasteiger partial charge is 0.254 e. The van der Waals surface area contributed by atoms with E-state index in [1.54, 1.807) is 4.68 Å². The summed E-state index contributed by atoms with van der Waals surface area (Å²) in [6, 6.07) is 7.99. The molecule has 4 rings (SSSR count). The predicted octanol–water partition coefficient (Wildman–Crippen LogP) is 2.29. The monoisotopic (exact) mass is 392 g/mol. The zero-order chi connectivity index (χ0) is 20.4. The van der Waals surface area contributed by atoms with Gasteiger partial charge in [0.25, 0.3) is 11.9 Å². The Hall–Kier alpha value is -3.29. The fourth-order valence-corrected chi connectivity index (χ4v) is 3.99. The Bertz CT molecular complexity index is 1040. The van der Waals surface area contributed by atoms with Crippen molar-refractivity contribution in [3.63, 3.8) is 0 Å². The van der Waals surface area contributed by atoms with Gasteiger partial charge in [0.1, 0.15) is 0 Å². The molecule has 1 aliphatic rings. The van der Waals surface area contributed by atoms with Gasteiger partial charge in [-0.1, -0.05) is 18.2 Å². The van der Waals surface area contributed by atoms with Crippen LogP contribution in [0.25, 0.3) is 16.9 Å². The van der Waals surface area contributed by atoms with Crippen LogP contribution in [-0.4, -0.2) is 37.6 Å². The maximum absolute atomic E-state index is 12.5. The van der Waals surface area contributed by atoms with Crippen molar-refractivity contribution in [3.8, 4) is 5.95 Å². The largest absolute Gasteiger partial charge is 0.370 e. The number of rotatable bonds is 5. The normalized spacial score (nSPS) is 19.2. The van der Waals surface area contributed by atoms with Gasteiger partial charge in [0, 0.05) is 30.2 Å². The van der Waals surface area contributed by atoms with Crippen LogP contribution in [0, 0.1) is 12.8 Å². The molecule has 8 heteroatoms. The molecule has 2 heterocycles. The van der Waals surface area contributed by atoms with Crippen molar-refractivity contribution in [1.82, 2.24) is 25.1 Å². The Balaban J connectivity index is 1.42. The minimum Gasteiger partial charge on any atom is -0.370 e. The fraction of sp³-hybridized carbons (Fsp3) is 0.381. The number of benzene rings is 1. The van der Waals surface area contributed by atoms with Crippen molar-refractivity contribution in [2.75, 3.05) is 0 Å². The van der Waals surface area contributed by atoms with Crippen LogP contribution in [-0.2, 0) is 4.79 Å². The summed E-state index contributed by atoms with van der Waals surface area (Å²) < 4.78 is 1.69. The molecule has 2 aromatic heterocycles. The molecule has 2 amide bonds. The molecule has 150 valence electrons. The number of amides is 2. The number of para-hydroxylation sites is 1. The topological polar surface area (TPSA) is 116 Å². The summed E-state index contributed by atoms with van der Waals surface area (Å²) in [7, 11) is 0. The zero-order valence-corrected chi connectivity index (χ0v) is 16.3. The van der Waals surface area contributed by atoms with E-state index in [1.165, 1.54) is 12.4 Å². The average molecular weight is 392 g/mol. The van der Waals surface area contributed by atoms with Gasteiger partial charge < -0.3 is 11.1 Å². The van der Waals surface area contributed by atoms with E-state index >= 15 is 0 Å². The summed E-state index contributed by atoms with van der Waals surface area (Å²) >= 11 is 0. The Morgan fingerprint density at radius 2 is 1.83 bits per heavy atom. The molecule has 0 aliphatic heterocycles. The van der Waals surface area contributed by atoms with Crippen molar-refractivity contribution < 1.29 is 9.59 Å². The predicted molar refractivity (Wildman–Crippen MR) is 108 cm³/mol. The van der Waals surface area contributed by atoms with Gasteiger partial charge in [0.05, 0.1) is 16.8 Å². The number of aromatic nitrogens is 4. The molecule has 1 aliphatic carbocycles. The van der Waals surface area contributed by atoms with Gasteiger partial charge in [-0.05, 0) is 44.6 Å². The van der Waals surface area contributed by atoms with E-state index in [2.05, 4.69) is 20.4 Å². The maximum atomic E-state index is 12.5. The van der Waals surface area contributed by atoms with Gasteiger partial charge in [-0.15, -0.1) is 0 Å². The summed E-state index contributed by atoms with van der Waals surface area (Å²) in [6.07, 6.45) is 6.98. The summed E-state index contributed by atoms with van der Waals surface area (Å²) in [5.41, 5.74) is 7.52. The number of carbonyl (C=O) groups excluding carboxylic acids is 2. The third-order valence-electron chi connectivity index (χ3n) is 5.53. The molecule has 0 atom stereocenters. The highest BCUT2D eigenvalue weighted by atomic mass is 16.2. The van der Waals surface area contributed by atoms with Gasteiger partial charge in [-0.3, -0.25) is 9.59 Å². The summed E-state index contributed by atoms with van der Waals surface area (Å²) in [5.74, 6) is 0.319. The first kappa shape index (κ1) is 19.0. The first-order valence-corrected chi connectivity index (χ1v) is 9.87. The summed E-state index contributed by atoms with van der Waals surface area (Å²) in [4.78, 5) is 32.3. The highest BCUT2D eigenvalue weighted by Crippen LogP contribution is 2.27. The maximum Gasteiger partial charge on any atom is 0.254 e. The van der Waals surface area contributed by atoms with Gasteiger partial charge in [0.2, 0.25) is 5.91 Å². The second kappa shape index (κ2) is 7.98. The molecular weight excluding hydrogens is 368 g/mol. The van der Waals surface area contributed by atoms with E-state index in [4.69, 9.17) is 5.73 Å². The molecule has 0 saturated heterocycles. The number of aryl methyl sites for hydroxylation is 1. The van der Waals surface area contributed by atoms with Crippen LogP contribution >= 0.6 is 0 Å². The van der Waals surface area contributed by atoms with Crippen LogP contribution in [0.4, 0.5) is 0 Å². The molecule has 0 unspecified atom stereocenters. The van der Waals surface area contributed by atoms with Crippen LogP contribution in [0.2, 0.25) is 0 Å². The SMILES string of the molecule is Cc1nn(-c2ncc(C(=O)NC3CCC(CC(N)=O)CC3)cn2)c2ccccc12. The third kappa shape index (κ3) is 4.11. The van der Waals surface area contributed by atoms with Crippen LogP contribution in [0.5, 0.6) is 0 Å². The van der Waals surface area contributed by atoms with Crippen molar-refractivity contribution in [2.24, 2.45) is 11.7 Å². The number of hydrogen-bond acceptors (Lipinski definition) is 5. The number of hydrogen-bond donors (Lipinski definition) is 2. The number of nitrogens with zero attached hydrogens (tertiary/aromatic N) is 4. The fourth-order valence-electron chi connectivity index (χ4n) is 3.99. The standard InChI is InChI=1S/C21H24N6O2/c1-13-17-4-2-3-5-18(17)27(26-13)21-23-11-15(12-24-21)20(29)25-16-8-6-14(7-9-16)10-19(22)28/h2-5,11-12,14,16H,6-10H2,1H3,(H2,22,28)(H,25,29). The summed E-state index contributed by atoms with van der Waals surface area (Å²) in [5, 5.41) is 8.60. The molecule has 0 radical (unpaired) electrons. The number of primary amides is 1. The second-order valence-corrected chi connectivity index (χ2v) is 7.65. The summed E-state index contributed by atoms with van der Waals surface area (Å²) in [6.45, 7) is 1.94. The third-order valence-corrected chi connectivity index (χ3v) is 5.53. The first-order chi connectivity index (χ1) is 14.0. The Morgan fingerprint density at radius 3 is 2.52 bits per heavy atom. The molecular formula is C21H24N6O2. The van der Waals surface area contributed by atoms with E-state index < -0.39 is 0 Å². The molecule has 0 spiro atoms. The van der Waals surface area contributed by atoms with E-state index in [1.807, 2.05) is 31.2 Å². The Kier molecular flexibility index (Phi) is 5.24. The van der Waals surface area contributed by atoms with Crippen LogP contribution in [0.15, 0.2) is 36.7 Å². The lowest BCUT2D eigenvalue weighted by atomic mass is 9.84. The molecule has 1 aromatic carbocycles. The number of fused-ring (bicyclic) bond motifs is 1. The minimum atomic E-state index is -0.255. The van der Waals surface area contributed by atoms with Crippen LogP contribution in [0.1, 0.15) is 48.2 Å². The van der Waals surface area contributed by atoms with Crippen molar-refractivity contribution >= 4 is 22.7 Å². The minimum absolute atomic E-state index is 0.101. The van der Waals surface area contributed by atoms with Crippen LogP contribution < -0.4 is 11.1 Å². The van der Waals surface area contributed by atoms with E-state index in [0.717, 1.165) is 42.3 Å². The molecule has 0 bridgehead atoms. The molecule has 29 heavy (non-hydrogen) atoms. The number of carbonyl (C=O) groups is 2.